The Morgan fingerprint density at radius 1 is 1.21 bits per heavy atom. The van der Waals surface area contributed by atoms with E-state index in [4.69, 9.17) is 5.11 Å². The van der Waals surface area contributed by atoms with E-state index in [-0.39, 0.29) is 11.3 Å². The van der Waals surface area contributed by atoms with E-state index >= 15 is 0 Å². The molecule has 0 spiro atoms. The number of amides is 1. The number of aldehydes is 1. The zero-order valence-electron chi connectivity index (χ0n) is 9.76. The maximum Gasteiger partial charge on any atom is 0.258 e. The molecule has 0 atom stereocenters. The smallest absolute Gasteiger partial charge is 0.258 e. The molecular formula is C14H10FNO3. The topological polar surface area (TPSA) is 66.4 Å². The van der Waals surface area contributed by atoms with Crippen LogP contribution in [0.5, 0.6) is 5.75 Å². The molecule has 0 aliphatic heterocycles. The number of anilines is 1. The lowest BCUT2D eigenvalue weighted by atomic mass is 10.1. The summed E-state index contributed by atoms with van der Waals surface area (Å²) >= 11 is 0. The van der Waals surface area contributed by atoms with Gasteiger partial charge < -0.3 is 10.4 Å². The number of benzene rings is 2. The minimum Gasteiger partial charge on any atom is -0.508 e. The Morgan fingerprint density at radius 2 is 2.00 bits per heavy atom. The van der Waals surface area contributed by atoms with Crippen LogP contribution in [0.2, 0.25) is 0 Å². The average Bonchev–Trinajstić information content (AvgIpc) is 2.38. The summed E-state index contributed by atoms with van der Waals surface area (Å²) in [6, 6.07) is 9.52. The predicted octanol–water partition coefficient (Wildman–Crippen LogP) is 2.60. The van der Waals surface area contributed by atoms with Crippen LogP contribution in [0.15, 0.2) is 42.5 Å². The van der Waals surface area contributed by atoms with Crippen molar-refractivity contribution in [1.82, 2.24) is 0 Å². The standard InChI is InChI=1S/C14H10FNO3/c15-13-7-11(18)4-5-12(13)14(19)16-10-3-1-2-9(6-10)8-17/h1-8,18H,(H,16,19). The van der Waals surface area contributed by atoms with Crippen molar-refractivity contribution < 1.29 is 19.1 Å². The van der Waals surface area contributed by atoms with E-state index in [1.54, 1.807) is 18.2 Å². The minimum atomic E-state index is -0.816. The number of phenols is 1. The number of carbonyl (C=O) groups excluding carboxylic acids is 2. The molecule has 4 nitrogen and oxygen atoms in total. The van der Waals surface area contributed by atoms with Crippen molar-refractivity contribution in [1.29, 1.82) is 0 Å². The lowest BCUT2D eigenvalue weighted by Crippen LogP contribution is -2.13. The van der Waals surface area contributed by atoms with Crippen molar-refractivity contribution in [3.8, 4) is 5.75 Å². The van der Waals surface area contributed by atoms with Gasteiger partial charge in [0.15, 0.2) is 0 Å². The number of hydrogen-bond acceptors (Lipinski definition) is 3. The molecule has 2 aromatic carbocycles. The maximum atomic E-state index is 13.5. The highest BCUT2D eigenvalue weighted by molar-refractivity contribution is 6.04. The van der Waals surface area contributed by atoms with E-state index in [0.717, 1.165) is 6.07 Å². The first-order valence-corrected chi connectivity index (χ1v) is 5.45. The van der Waals surface area contributed by atoms with Crippen molar-refractivity contribution in [2.75, 3.05) is 5.32 Å². The Kier molecular flexibility index (Phi) is 3.56. The minimum absolute atomic E-state index is 0.186. The number of hydrogen-bond donors (Lipinski definition) is 2. The van der Waals surface area contributed by atoms with Gasteiger partial charge >= 0.3 is 0 Å². The van der Waals surface area contributed by atoms with Gasteiger partial charge in [0.25, 0.3) is 5.91 Å². The molecule has 0 bridgehead atoms. The molecule has 5 heteroatoms. The SMILES string of the molecule is O=Cc1cccc(NC(=O)c2ccc(O)cc2F)c1. The monoisotopic (exact) mass is 259 g/mol. The molecule has 2 rings (SSSR count). The Labute approximate surface area is 108 Å². The Bertz CT molecular complexity index is 640. The summed E-state index contributed by atoms with van der Waals surface area (Å²) in [6.07, 6.45) is 0.650. The summed E-state index contributed by atoms with van der Waals surface area (Å²) in [4.78, 5) is 22.4. The molecule has 2 aromatic rings. The maximum absolute atomic E-state index is 13.5. The van der Waals surface area contributed by atoms with Crippen molar-refractivity contribution in [3.05, 3.63) is 59.4 Å². The summed E-state index contributed by atoms with van der Waals surface area (Å²) in [5.74, 6) is -1.72. The van der Waals surface area contributed by atoms with Gasteiger partial charge in [-0.2, -0.15) is 0 Å². The predicted molar refractivity (Wildman–Crippen MR) is 67.8 cm³/mol. The van der Waals surface area contributed by atoms with Crippen molar-refractivity contribution >= 4 is 17.9 Å². The Morgan fingerprint density at radius 3 is 2.68 bits per heavy atom. The molecule has 0 aliphatic rings. The van der Waals surface area contributed by atoms with Crippen LogP contribution in [0.4, 0.5) is 10.1 Å². The number of aromatic hydroxyl groups is 1. The van der Waals surface area contributed by atoms with Crippen LogP contribution in [0.3, 0.4) is 0 Å². The second-order valence-corrected chi connectivity index (χ2v) is 3.86. The van der Waals surface area contributed by atoms with Gasteiger partial charge in [0.2, 0.25) is 0 Å². The first-order valence-electron chi connectivity index (χ1n) is 5.45. The fraction of sp³-hybridized carbons (Fsp3) is 0. The summed E-state index contributed by atoms with van der Waals surface area (Å²) in [6.45, 7) is 0. The summed E-state index contributed by atoms with van der Waals surface area (Å²) in [5, 5.41) is 11.5. The third kappa shape index (κ3) is 2.95. The van der Waals surface area contributed by atoms with Crippen LogP contribution in [-0.2, 0) is 0 Å². The average molecular weight is 259 g/mol. The molecule has 0 saturated carbocycles. The van der Waals surface area contributed by atoms with E-state index in [1.165, 1.54) is 18.2 Å². The zero-order chi connectivity index (χ0) is 13.8. The summed E-state index contributed by atoms with van der Waals surface area (Å²) < 4.78 is 13.5. The molecule has 1 amide bonds. The van der Waals surface area contributed by atoms with Gasteiger partial charge in [0, 0.05) is 17.3 Å². The molecule has 0 aliphatic carbocycles. The van der Waals surface area contributed by atoms with Gasteiger partial charge in [-0.3, -0.25) is 9.59 Å². The second kappa shape index (κ2) is 5.30. The van der Waals surface area contributed by atoms with Gasteiger partial charge in [-0.25, -0.2) is 4.39 Å². The number of rotatable bonds is 3. The van der Waals surface area contributed by atoms with Crippen LogP contribution in [0.1, 0.15) is 20.7 Å². The molecule has 0 heterocycles. The molecule has 2 N–H and O–H groups in total. The van der Waals surface area contributed by atoms with E-state index in [1.807, 2.05) is 0 Å². The fourth-order valence-electron chi connectivity index (χ4n) is 1.58. The lowest BCUT2D eigenvalue weighted by molar-refractivity contribution is 0.102. The van der Waals surface area contributed by atoms with Crippen LogP contribution in [0.25, 0.3) is 0 Å². The third-order valence-corrected chi connectivity index (χ3v) is 2.48. The molecule has 0 aromatic heterocycles. The first kappa shape index (κ1) is 12.8. The number of carbonyl (C=O) groups is 2. The van der Waals surface area contributed by atoms with Crippen molar-refractivity contribution in [3.63, 3.8) is 0 Å². The van der Waals surface area contributed by atoms with Crippen LogP contribution in [0, 0.1) is 5.82 Å². The molecule has 96 valence electrons. The highest BCUT2D eigenvalue weighted by Gasteiger charge is 2.12. The number of nitrogens with one attached hydrogen (secondary N) is 1. The molecular weight excluding hydrogens is 249 g/mol. The van der Waals surface area contributed by atoms with Gasteiger partial charge in [-0.15, -0.1) is 0 Å². The largest absolute Gasteiger partial charge is 0.508 e. The normalized spacial score (nSPS) is 9.95. The third-order valence-electron chi connectivity index (χ3n) is 2.48. The Balaban J connectivity index is 2.22. The van der Waals surface area contributed by atoms with Crippen molar-refractivity contribution in [2.45, 2.75) is 0 Å². The quantitative estimate of drug-likeness (QED) is 0.832. The number of halogens is 1. The van der Waals surface area contributed by atoms with E-state index < -0.39 is 11.7 Å². The van der Waals surface area contributed by atoms with Crippen LogP contribution < -0.4 is 5.32 Å². The zero-order valence-corrected chi connectivity index (χ0v) is 9.76. The van der Waals surface area contributed by atoms with Crippen LogP contribution >= 0.6 is 0 Å². The number of phenolic OH excluding ortho intramolecular Hbond substituents is 1. The van der Waals surface area contributed by atoms with E-state index in [9.17, 15) is 14.0 Å². The van der Waals surface area contributed by atoms with Gasteiger partial charge in [0.1, 0.15) is 17.9 Å². The molecule has 0 radical (unpaired) electrons. The first-order chi connectivity index (χ1) is 9.10. The lowest BCUT2D eigenvalue weighted by Gasteiger charge is -2.06. The highest BCUT2D eigenvalue weighted by atomic mass is 19.1. The van der Waals surface area contributed by atoms with Gasteiger partial charge in [-0.05, 0) is 24.3 Å². The van der Waals surface area contributed by atoms with E-state index in [0.29, 0.717) is 17.5 Å². The fourth-order valence-corrected chi connectivity index (χ4v) is 1.58. The second-order valence-electron chi connectivity index (χ2n) is 3.86. The van der Waals surface area contributed by atoms with E-state index in [2.05, 4.69) is 5.32 Å². The Hall–Kier alpha value is -2.69. The van der Waals surface area contributed by atoms with Gasteiger partial charge in [0.05, 0.1) is 5.56 Å². The van der Waals surface area contributed by atoms with Crippen molar-refractivity contribution in [2.24, 2.45) is 0 Å². The van der Waals surface area contributed by atoms with Gasteiger partial charge in [-0.1, -0.05) is 12.1 Å². The van der Waals surface area contributed by atoms with Crippen LogP contribution in [-0.4, -0.2) is 17.3 Å². The summed E-state index contributed by atoms with van der Waals surface area (Å²) in [7, 11) is 0. The molecule has 0 fully saturated rings. The molecule has 19 heavy (non-hydrogen) atoms. The summed E-state index contributed by atoms with van der Waals surface area (Å²) in [5.41, 5.74) is 0.611. The highest BCUT2D eigenvalue weighted by Crippen LogP contribution is 2.17. The molecule has 0 saturated heterocycles. The molecule has 0 unspecified atom stereocenters.